The first-order chi connectivity index (χ1) is 5.43. The Morgan fingerprint density at radius 3 is 2.08 bits per heavy atom. The topological polar surface area (TPSA) is 60.7 Å². The van der Waals surface area contributed by atoms with Crippen molar-refractivity contribution in [3.05, 3.63) is 29.3 Å². The lowest BCUT2D eigenvalue weighted by molar-refractivity contribution is 0.347. The second-order valence-electron chi connectivity index (χ2n) is 2.79. The van der Waals surface area contributed by atoms with Gasteiger partial charge in [0.15, 0.2) is 5.30 Å². The third-order valence-electron chi connectivity index (χ3n) is 1.90. The summed E-state index contributed by atoms with van der Waals surface area (Å²) in [5.74, 6) is 0. The molecule has 4 heteroatoms. The highest BCUT2D eigenvalue weighted by atomic mass is 31.2. The van der Waals surface area contributed by atoms with Crippen LogP contribution in [0.4, 0.5) is 0 Å². The minimum absolute atomic E-state index is 0.238. The Labute approximate surface area is 71.9 Å². The molecule has 0 aliphatic carbocycles. The minimum atomic E-state index is -3.83. The second kappa shape index (κ2) is 3.11. The summed E-state index contributed by atoms with van der Waals surface area (Å²) in [6, 6.07) is 5.07. The summed E-state index contributed by atoms with van der Waals surface area (Å²) in [6.07, 6.45) is 0. The molecule has 1 aromatic rings. The molecular formula is C8H12O3P+. The van der Waals surface area contributed by atoms with Crippen molar-refractivity contribution >= 4 is 13.2 Å². The Balaban J connectivity index is 3.26. The lowest BCUT2D eigenvalue weighted by Gasteiger charge is -2.07. The van der Waals surface area contributed by atoms with E-state index in [2.05, 4.69) is 0 Å². The van der Waals surface area contributed by atoms with Gasteiger partial charge in [0, 0.05) is 5.56 Å². The molecule has 0 fully saturated rings. The summed E-state index contributed by atoms with van der Waals surface area (Å²) in [5.41, 5.74) is 1.67. The molecule has 3 nitrogen and oxygen atoms in total. The molecule has 0 saturated carbocycles. The van der Waals surface area contributed by atoms with Crippen LogP contribution in [0.3, 0.4) is 0 Å². The van der Waals surface area contributed by atoms with E-state index < -0.39 is 7.94 Å². The van der Waals surface area contributed by atoms with Crippen LogP contribution in [0.15, 0.2) is 18.2 Å². The molecule has 0 saturated heterocycles. The minimum Gasteiger partial charge on any atom is -0.189 e. The molecule has 0 radical (unpaired) electrons. The molecule has 0 amide bonds. The summed E-state index contributed by atoms with van der Waals surface area (Å²) >= 11 is 0. The van der Waals surface area contributed by atoms with Gasteiger partial charge in [0.2, 0.25) is 0 Å². The summed E-state index contributed by atoms with van der Waals surface area (Å²) in [6.45, 7) is 3.61. The van der Waals surface area contributed by atoms with E-state index in [9.17, 15) is 0 Å². The third kappa shape index (κ3) is 1.82. The van der Waals surface area contributed by atoms with Gasteiger partial charge in [-0.3, -0.25) is 0 Å². The molecule has 0 aliphatic rings. The van der Waals surface area contributed by atoms with Gasteiger partial charge < -0.3 is 0 Å². The number of aryl methyl sites for hydroxylation is 1. The van der Waals surface area contributed by atoms with Crippen molar-refractivity contribution < 1.29 is 14.7 Å². The van der Waals surface area contributed by atoms with Crippen molar-refractivity contribution in [1.29, 1.82) is 0 Å². The zero-order chi connectivity index (χ0) is 9.35. The molecule has 12 heavy (non-hydrogen) atoms. The second-order valence-corrected chi connectivity index (χ2v) is 4.41. The fraction of sp³-hybridized carbons (Fsp3) is 0.250. The van der Waals surface area contributed by atoms with Crippen LogP contribution in [0.1, 0.15) is 11.1 Å². The van der Waals surface area contributed by atoms with Crippen LogP contribution in [0, 0.1) is 13.8 Å². The zero-order valence-corrected chi connectivity index (χ0v) is 7.92. The van der Waals surface area contributed by atoms with E-state index in [-0.39, 0.29) is 5.30 Å². The standard InChI is InChI=1S/C8H12O3P/c1-6-4-3-5-8(7(6)2)12(9,10)11/h3-5,9-11H,1-2H3/q+1. The third-order valence-corrected chi connectivity index (χ3v) is 3.03. The highest BCUT2D eigenvalue weighted by Crippen LogP contribution is 2.44. The van der Waals surface area contributed by atoms with Crippen molar-refractivity contribution in [1.82, 2.24) is 0 Å². The van der Waals surface area contributed by atoms with Crippen LogP contribution in [0.5, 0.6) is 0 Å². The van der Waals surface area contributed by atoms with E-state index in [1.54, 1.807) is 13.0 Å². The Hall–Kier alpha value is -0.470. The lowest BCUT2D eigenvalue weighted by atomic mass is 10.1. The largest absolute Gasteiger partial charge is 0.441 e. The van der Waals surface area contributed by atoms with Crippen LogP contribution in [-0.2, 0) is 0 Å². The van der Waals surface area contributed by atoms with Crippen molar-refractivity contribution in [2.75, 3.05) is 0 Å². The molecule has 66 valence electrons. The van der Waals surface area contributed by atoms with Crippen LogP contribution in [0.2, 0.25) is 0 Å². The number of hydrogen-bond donors (Lipinski definition) is 3. The Morgan fingerprint density at radius 2 is 1.67 bits per heavy atom. The van der Waals surface area contributed by atoms with Gasteiger partial charge in [0.05, 0.1) is 0 Å². The van der Waals surface area contributed by atoms with Crippen molar-refractivity contribution in [3.63, 3.8) is 0 Å². The predicted molar refractivity (Wildman–Crippen MR) is 49.1 cm³/mol. The highest BCUT2D eigenvalue weighted by Gasteiger charge is 2.35. The molecule has 1 rings (SSSR count). The molecule has 0 spiro atoms. The van der Waals surface area contributed by atoms with Crippen LogP contribution >= 0.6 is 7.94 Å². The lowest BCUT2D eigenvalue weighted by Crippen LogP contribution is -2.13. The van der Waals surface area contributed by atoms with Crippen LogP contribution < -0.4 is 5.30 Å². The smallest absolute Gasteiger partial charge is 0.189 e. The summed E-state index contributed by atoms with van der Waals surface area (Å²) in [4.78, 5) is 27.0. The summed E-state index contributed by atoms with van der Waals surface area (Å²) in [7, 11) is -3.83. The van der Waals surface area contributed by atoms with Gasteiger partial charge in [-0.25, -0.2) is 0 Å². The van der Waals surface area contributed by atoms with Crippen LogP contribution in [-0.4, -0.2) is 14.7 Å². The first-order valence-electron chi connectivity index (χ1n) is 3.57. The van der Waals surface area contributed by atoms with Gasteiger partial charge in [0.1, 0.15) is 0 Å². The monoisotopic (exact) mass is 187 g/mol. The van der Waals surface area contributed by atoms with Gasteiger partial charge in [-0.15, -0.1) is 0 Å². The quantitative estimate of drug-likeness (QED) is 0.566. The Morgan fingerprint density at radius 1 is 1.08 bits per heavy atom. The molecule has 0 aromatic heterocycles. The predicted octanol–water partition coefficient (Wildman–Crippen LogP) is 0.668. The maximum absolute atomic E-state index is 9.02. The Bertz CT molecular complexity index is 291. The molecular weight excluding hydrogens is 175 g/mol. The van der Waals surface area contributed by atoms with Crippen molar-refractivity contribution in [2.24, 2.45) is 0 Å². The van der Waals surface area contributed by atoms with E-state index in [4.69, 9.17) is 14.7 Å². The number of hydrogen-bond acceptors (Lipinski definition) is 3. The molecule has 0 aliphatic heterocycles. The molecule has 0 bridgehead atoms. The average molecular weight is 187 g/mol. The van der Waals surface area contributed by atoms with Gasteiger partial charge in [-0.05, 0) is 25.5 Å². The van der Waals surface area contributed by atoms with E-state index in [0.29, 0.717) is 0 Å². The van der Waals surface area contributed by atoms with Gasteiger partial charge in [-0.1, -0.05) is 12.1 Å². The van der Waals surface area contributed by atoms with E-state index in [1.807, 2.05) is 13.0 Å². The normalized spacial score (nSPS) is 11.8. The SMILES string of the molecule is Cc1cccc([P+](O)(O)O)c1C. The maximum atomic E-state index is 9.02. The zero-order valence-electron chi connectivity index (χ0n) is 7.02. The van der Waals surface area contributed by atoms with Crippen LogP contribution in [0.25, 0.3) is 0 Å². The fourth-order valence-electron chi connectivity index (χ4n) is 1.06. The number of benzene rings is 1. The fourth-order valence-corrected chi connectivity index (χ4v) is 1.97. The maximum Gasteiger partial charge on any atom is 0.441 e. The first kappa shape index (κ1) is 9.62. The van der Waals surface area contributed by atoms with Gasteiger partial charge >= 0.3 is 7.94 Å². The van der Waals surface area contributed by atoms with E-state index in [1.165, 1.54) is 6.07 Å². The van der Waals surface area contributed by atoms with E-state index >= 15 is 0 Å². The number of rotatable bonds is 1. The summed E-state index contributed by atoms with van der Waals surface area (Å²) in [5, 5.41) is 0.238. The van der Waals surface area contributed by atoms with Gasteiger partial charge in [-0.2, -0.15) is 14.7 Å². The molecule has 3 N–H and O–H groups in total. The molecule has 0 unspecified atom stereocenters. The highest BCUT2D eigenvalue weighted by molar-refractivity contribution is 7.66. The van der Waals surface area contributed by atoms with Gasteiger partial charge in [0.25, 0.3) is 0 Å². The van der Waals surface area contributed by atoms with Crippen molar-refractivity contribution in [3.8, 4) is 0 Å². The van der Waals surface area contributed by atoms with E-state index in [0.717, 1.165) is 11.1 Å². The summed E-state index contributed by atoms with van der Waals surface area (Å²) < 4.78 is 0. The first-order valence-corrected chi connectivity index (χ1v) is 5.21. The van der Waals surface area contributed by atoms with Crippen molar-refractivity contribution in [2.45, 2.75) is 13.8 Å². The molecule has 0 atom stereocenters. The average Bonchev–Trinajstić information content (AvgIpc) is 1.92. The molecule has 1 aromatic carbocycles. The Kier molecular flexibility index (Phi) is 2.49. The molecule has 0 heterocycles.